The average molecular weight is 273 g/mol. The van der Waals surface area contributed by atoms with Gasteiger partial charge in [0.1, 0.15) is 0 Å². The molecule has 1 aliphatic heterocycles. The second-order valence-corrected chi connectivity index (χ2v) is 5.10. The topological polar surface area (TPSA) is 71.8 Å². The fourth-order valence-electron chi connectivity index (χ4n) is 2.51. The Hall–Kier alpha value is -2.02. The van der Waals surface area contributed by atoms with Crippen LogP contribution in [0.2, 0.25) is 0 Å². The van der Waals surface area contributed by atoms with Crippen LogP contribution in [0.15, 0.2) is 24.7 Å². The van der Waals surface area contributed by atoms with Crippen LogP contribution in [0.4, 0.5) is 5.95 Å². The van der Waals surface area contributed by atoms with Gasteiger partial charge in [-0.25, -0.2) is 9.97 Å². The highest BCUT2D eigenvalue weighted by Crippen LogP contribution is 2.15. The van der Waals surface area contributed by atoms with Crippen LogP contribution in [0.3, 0.4) is 0 Å². The maximum absolute atomic E-state index is 4.32. The number of aryl methyl sites for hydroxylation is 1. The quantitative estimate of drug-likeness (QED) is 0.867. The minimum absolute atomic E-state index is 0.439. The molecule has 3 heterocycles. The second kappa shape index (κ2) is 5.96. The molecule has 20 heavy (non-hydrogen) atoms. The summed E-state index contributed by atoms with van der Waals surface area (Å²) in [6, 6.07) is 2.28. The molecule has 0 aliphatic carbocycles. The van der Waals surface area contributed by atoms with Crippen LogP contribution in [0.25, 0.3) is 0 Å². The normalized spacial score (nSPS) is 19.2. The predicted molar refractivity (Wildman–Crippen MR) is 75.1 cm³/mol. The van der Waals surface area contributed by atoms with Gasteiger partial charge in [-0.1, -0.05) is 5.21 Å². The summed E-state index contributed by atoms with van der Waals surface area (Å²) in [5, 5.41) is 11.6. The van der Waals surface area contributed by atoms with Crippen molar-refractivity contribution in [2.45, 2.75) is 25.4 Å². The van der Waals surface area contributed by atoms with Crippen LogP contribution in [0.5, 0.6) is 0 Å². The minimum Gasteiger partial charge on any atom is -0.339 e. The third-order valence-electron chi connectivity index (χ3n) is 3.48. The molecule has 3 rings (SSSR count). The number of hydrogen-bond acceptors (Lipinski definition) is 6. The molecule has 0 radical (unpaired) electrons. The van der Waals surface area contributed by atoms with Crippen LogP contribution in [0, 0.1) is 0 Å². The Balaban J connectivity index is 1.55. The van der Waals surface area contributed by atoms with Gasteiger partial charge >= 0.3 is 0 Å². The Bertz CT molecular complexity index is 539. The van der Waals surface area contributed by atoms with E-state index in [0.29, 0.717) is 6.04 Å². The van der Waals surface area contributed by atoms with E-state index in [9.17, 15) is 0 Å². The molecule has 0 bridgehead atoms. The Morgan fingerprint density at radius 3 is 2.95 bits per heavy atom. The van der Waals surface area contributed by atoms with Crippen LogP contribution in [-0.4, -0.2) is 44.1 Å². The molecule has 1 N–H and O–H groups in total. The van der Waals surface area contributed by atoms with E-state index in [2.05, 4.69) is 30.5 Å². The molecule has 0 saturated carbocycles. The molecule has 0 amide bonds. The third kappa shape index (κ3) is 3.11. The summed E-state index contributed by atoms with van der Waals surface area (Å²) in [5.41, 5.74) is 0.973. The van der Waals surface area contributed by atoms with Gasteiger partial charge in [0.25, 0.3) is 0 Å². The van der Waals surface area contributed by atoms with Crippen molar-refractivity contribution in [1.82, 2.24) is 30.3 Å². The number of piperidine rings is 1. The molecule has 0 spiro atoms. The molecule has 0 unspecified atom stereocenters. The summed E-state index contributed by atoms with van der Waals surface area (Å²) < 4.78 is 1.72. The number of aromatic nitrogens is 5. The summed E-state index contributed by atoms with van der Waals surface area (Å²) >= 11 is 0. The SMILES string of the molecule is Cn1cc(CN[C@H]2CCCN(c3ncccn3)C2)nn1. The highest BCUT2D eigenvalue weighted by Gasteiger charge is 2.21. The highest BCUT2D eigenvalue weighted by atomic mass is 15.4. The fourth-order valence-corrected chi connectivity index (χ4v) is 2.51. The molecular weight excluding hydrogens is 254 g/mol. The van der Waals surface area contributed by atoms with Crippen molar-refractivity contribution in [1.29, 1.82) is 0 Å². The standard InChI is InChI=1S/C13H19N7/c1-19-9-12(17-18-19)8-16-11-4-2-7-20(10-11)13-14-5-3-6-15-13/h3,5-6,9,11,16H,2,4,7-8,10H2,1H3/t11-/m0/s1. The number of nitrogens with zero attached hydrogens (tertiary/aromatic N) is 6. The fraction of sp³-hybridized carbons (Fsp3) is 0.538. The zero-order chi connectivity index (χ0) is 13.8. The average Bonchev–Trinajstić information content (AvgIpc) is 2.92. The lowest BCUT2D eigenvalue weighted by Crippen LogP contribution is -2.46. The van der Waals surface area contributed by atoms with E-state index < -0.39 is 0 Å². The van der Waals surface area contributed by atoms with Gasteiger partial charge in [0.2, 0.25) is 5.95 Å². The Kier molecular flexibility index (Phi) is 3.87. The third-order valence-corrected chi connectivity index (χ3v) is 3.48. The summed E-state index contributed by atoms with van der Waals surface area (Å²) in [6.45, 7) is 2.71. The maximum atomic E-state index is 4.32. The number of rotatable bonds is 4. The molecule has 2 aromatic rings. The summed E-state index contributed by atoms with van der Waals surface area (Å²) in [5.74, 6) is 0.818. The van der Waals surface area contributed by atoms with Crippen molar-refractivity contribution in [2.24, 2.45) is 7.05 Å². The summed E-state index contributed by atoms with van der Waals surface area (Å²) in [7, 11) is 1.88. The monoisotopic (exact) mass is 273 g/mol. The van der Waals surface area contributed by atoms with Gasteiger partial charge in [-0.3, -0.25) is 4.68 Å². The molecular formula is C13H19N7. The first-order valence-electron chi connectivity index (χ1n) is 6.92. The van der Waals surface area contributed by atoms with Crippen LogP contribution >= 0.6 is 0 Å². The van der Waals surface area contributed by atoms with Crippen molar-refractivity contribution in [2.75, 3.05) is 18.0 Å². The first kappa shape index (κ1) is 13.0. The molecule has 1 saturated heterocycles. The minimum atomic E-state index is 0.439. The smallest absolute Gasteiger partial charge is 0.225 e. The molecule has 7 nitrogen and oxygen atoms in total. The van der Waals surface area contributed by atoms with Gasteiger partial charge in [0, 0.05) is 51.3 Å². The van der Waals surface area contributed by atoms with Gasteiger partial charge in [0.05, 0.1) is 5.69 Å². The Labute approximate surface area is 118 Å². The second-order valence-electron chi connectivity index (χ2n) is 5.10. The maximum Gasteiger partial charge on any atom is 0.225 e. The van der Waals surface area contributed by atoms with Crippen molar-refractivity contribution in [3.63, 3.8) is 0 Å². The van der Waals surface area contributed by atoms with Crippen LogP contribution in [0.1, 0.15) is 18.5 Å². The van der Waals surface area contributed by atoms with Gasteiger partial charge < -0.3 is 10.2 Å². The van der Waals surface area contributed by atoms with Gasteiger partial charge in [-0.05, 0) is 18.9 Å². The van der Waals surface area contributed by atoms with Crippen LogP contribution < -0.4 is 10.2 Å². The molecule has 106 valence electrons. The van der Waals surface area contributed by atoms with Gasteiger partial charge in [-0.2, -0.15) is 0 Å². The molecule has 0 aromatic carbocycles. The molecule has 1 atom stereocenters. The van der Waals surface area contributed by atoms with E-state index in [-0.39, 0.29) is 0 Å². The van der Waals surface area contributed by atoms with E-state index in [1.807, 2.05) is 19.3 Å². The zero-order valence-electron chi connectivity index (χ0n) is 11.6. The molecule has 1 fully saturated rings. The van der Waals surface area contributed by atoms with Crippen molar-refractivity contribution in [3.05, 3.63) is 30.4 Å². The lowest BCUT2D eigenvalue weighted by molar-refractivity contribution is 0.416. The Morgan fingerprint density at radius 2 is 2.20 bits per heavy atom. The van der Waals surface area contributed by atoms with Gasteiger partial charge in [-0.15, -0.1) is 5.10 Å². The van der Waals surface area contributed by atoms with Crippen molar-refractivity contribution >= 4 is 5.95 Å². The Morgan fingerprint density at radius 1 is 1.35 bits per heavy atom. The van der Waals surface area contributed by atoms with E-state index in [0.717, 1.165) is 37.7 Å². The number of anilines is 1. The van der Waals surface area contributed by atoms with E-state index in [1.165, 1.54) is 6.42 Å². The van der Waals surface area contributed by atoms with E-state index in [1.54, 1.807) is 17.1 Å². The zero-order valence-corrected chi connectivity index (χ0v) is 11.6. The van der Waals surface area contributed by atoms with Gasteiger partial charge in [0.15, 0.2) is 0 Å². The lowest BCUT2D eigenvalue weighted by atomic mass is 10.1. The summed E-state index contributed by atoms with van der Waals surface area (Å²) in [6.07, 6.45) is 7.84. The first-order chi connectivity index (χ1) is 9.81. The highest BCUT2D eigenvalue weighted by molar-refractivity contribution is 5.29. The largest absolute Gasteiger partial charge is 0.339 e. The summed E-state index contributed by atoms with van der Waals surface area (Å²) in [4.78, 5) is 10.9. The van der Waals surface area contributed by atoms with E-state index >= 15 is 0 Å². The van der Waals surface area contributed by atoms with E-state index in [4.69, 9.17) is 0 Å². The number of nitrogens with one attached hydrogen (secondary N) is 1. The van der Waals surface area contributed by atoms with Crippen LogP contribution in [-0.2, 0) is 13.6 Å². The molecule has 2 aromatic heterocycles. The lowest BCUT2D eigenvalue weighted by Gasteiger charge is -2.33. The number of hydrogen-bond donors (Lipinski definition) is 1. The molecule has 1 aliphatic rings. The van der Waals surface area contributed by atoms with Crippen molar-refractivity contribution < 1.29 is 0 Å². The van der Waals surface area contributed by atoms with Crippen molar-refractivity contribution in [3.8, 4) is 0 Å². The predicted octanol–water partition coefficient (Wildman–Crippen LogP) is 0.364. The first-order valence-corrected chi connectivity index (χ1v) is 6.92. The molecule has 7 heteroatoms.